The predicted octanol–water partition coefficient (Wildman–Crippen LogP) is 3.72. The summed E-state index contributed by atoms with van der Waals surface area (Å²) < 4.78 is 55.8. The van der Waals surface area contributed by atoms with Crippen LogP contribution in [0.5, 0.6) is 0 Å². The first-order chi connectivity index (χ1) is 17.8. The number of nitrogens with two attached hydrogens (primary N) is 2. The predicted molar refractivity (Wildman–Crippen MR) is 134 cm³/mol. The molecule has 0 amide bonds. The van der Waals surface area contributed by atoms with Gasteiger partial charge in [0.25, 0.3) is 0 Å². The van der Waals surface area contributed by atoms with Crippen LogP contribution >= 0.6 is 0 Å². The van der Waals surface area contributed by atoms with Gasteiger partial charge >= 0.3 is 0 Å². The molecule has 0 radical (unpaired) electrons. The number of pyridine rings is 1. The highest BCUT2D eigenvalue weighted by molar-refractivity contribution is 5.79. The molecule has 0 bridgehead atoms. The molecule has 0 atom stereocenters. The summed E-state index contributed by atoms with van der Waals surface area (Å²) in [5, 5.41) is 2.72. The number of rotatable bonds is 11. The van der Waals surface area contributed by atoms with Gasteiger partial charge in [-0.25, -0.2) is 22.5 Å². The van der Waals surface area contributed by atoms with Crippen LogP contribution in [0.3, 0.4) is 0 Å². The molecule has 196 valence electrons. The molecule has 0 unspecified atom stereocenters. The SMILES string of the molecule is NCCCN(CCCN)Cc1ccc(-c2c[nH]c(Nc3nc4cc(F)c(F)c(F)c4[nH]3)cc2=O)cc1F. The summed E-state index contributed by atoms with van der Waals surface area (Å²) in [5.41, 5.74) is 11.5. The second kappa shape index (κ2) is 11.5. The third-order valence-corrected chi connectivity index (χ3v) is 5.90. The number of nitrogens with one attached hydrogen (secondary N) is 3. The summed E-state index contributed by atoms with van der Waals surface area (Å²) in [6, 6.07) is 6.60. The molecule has 0 saturated heterocycles. The van der Waals surface area contributed by atoms with Crippen LogP contribution < -0.4 is 22.2 Å². The van der Waals surface area contributed by atoms with Gasteiger partial charge in [0.05, 0.1) is 5.52 Å². The van der Waals surface area contributed by atoms with E-state index in [1.165, 1.54) is 18.3 Å². The van der Waals surface area contributed by atoms with E-state index in [1.807, 2.05) is 0 Å². The van der Waals surface area contributed by atoms with E-state index in [-0.39, 0.29) is 28.4 Å². The van der Waals surface area contributed by atoms with Gasteiger partial charge in [-0.15, -0.1) is 0 Å². The zero-order valence-electron chi connectivity index (χ0n) is 19.9. The fourth-order valence-corrected chi connectivity index (χ4v) is 4.00. The highest BCUT2D eigenvalue weighted by atomic mass is 19.2. The lowest BCUT2D eigenvalue weighted by Gasteiger charge is -2.22. The minimum Gasteiger partial charge on any atom is -0.347 e. The molecule has 7 N–H and O–H groups in total. The molecule has 0 aliphatic rings. The van der Waals surface area contributed by atoms with Crippen LogP contribution in [-0.2, 0) is 6.54 Å². The van der Waals surface area contributed by atoms with E-state index >= 15 is 0 Å². The van der Waals surface area contributed by atoms with Gasteiger partial charge in [-0.3, -0.25) is 9.69 Å². The van der Waals surface area contributed by atoms with Crippen molar-refractivity contribution in [2.24, 2.45) is 11.5 Å². The Kier molecular flexibility index (Phi) is 8.21. The van der Waals surface area contributed by atoms with Crippen LogP contribution in [0.1, 0.15) is 18.4 Å². The van der Waals surface area contributed by atoms with E-state index in [2.05, 4.69) is 25.2 Å². The first-order valence-electron chi connectivity index (χ1n) is 11.7. The molecule has 37 heavy (non-hydrogen) atoms. The van der Waals surface area contributed by atoms with Gasteiger partial charge in [0.15, 0.2) is 22.9 Å². The molecule has 12 heteroatoms. The Morgan fingerprint density at radius 1 is 0.946 bits per heavy atom. The number of aromatic nitrogens is 3. The summed E-state index contributed by atoms with van der Waals surface area (Å²) >= 11 is 0. The lowest BCUT2D eigenvalue weighted by atomic mass is 10.0. The summed E-state index contributed by atoms with van der Waals surface area (Å²) in [5.74, 6) is -4.66. The number of nitrogens with zero attached hydrogens (tertiary/aromatic N) is 2. The van der Waals surface area contributed by atoms with Crippen molar-refractivity contribution in [3.63, 3.8) is 0 Å². The Bertz CT molecular complexity index is 1450. The average Bonchev–Trinajstić information content (AvgIpc) is 3.27. The second-order valence-electron chi connectivity index (χ2n) is 8.58. The first kappa shape index (κ1) is 26.3. The lowest BCUT2D eigenvalue weighted by molar-refractivity contribution is 0.258. The maximum atomic E-state index is 14.9. The lowest BCUT2D eigenvalue weighted by Crippen LogP contribution is -2.28. The number of fused-ring (bicyclic) bond motifs is 1. The van der Waals surface area contributed by atoms with Crippen LogP contribution in [0.15, 0.2) is 41.3 Å². The standard InChI is InChI=1S/C25H27F4N7O/c26-17-9-14(3-4-15(17)13-36(7-1-5-30)8-2-6-31)16-12-32-21(11-20(16)37)34-25-33-19-10-18(27)22(28)23(29)24(19)35-25/h3-4,9-12H,1-2,5-8,13,30-31H2,(H3,32,33,34,35,37). The third kappa shape index (κ3) is 5.98. The number of hydrogen-bond acceptors (Lipinski definition) is 6. The van der Waals surface area contributed by atoms with E-state index in [0.717, 1.165) is 32.0 Å². The maximum Gasteiger partial charge on any atom is 0.206 e. The molecule has 0 fully saturated rings. The average molecular weight is 518 g/mol. The normalized spacial score (nSPS) is 11.5. The minimum absolute atomic E-state index is 0.0356. The first-order valence-corrected chi connectivity index (χ1v) is 11.7. The van der Waals surface area contributed by atoms with Crippen molar-refractivity contribution in [2.75, 3.05) is 31.5 Å². The van der Waals surface area contributed by atoms with E-state index in [4.69, 9.17) is 11.5 Å². The number of H-pyrrole nitrogens is 2. The number of imidazole rings is 1. The van der Waals surface area contributed by atoms with Gasteiger partial charge < -0.3 is 26.8 Å². The fraction of sp³-hybridized carbons (Fsp3) is 0.280. The molecule has 4 rings (SSSR count). The van der Waals surface area contributed by atoms with Crippen molar-refractivity contribution in [3.8, 4) is 11.1 Å². The van der Waals surface area contributed by atoms with E-state index in [9.17, 15) is 22.4 Å². The van der Waals surface area contributed by atoms with Crippen LogP contribution in [0, 0.1) is 23.3 Å². The Balaban J connectivity index is 1.51. The van der Waals surface area contributed by atoms with E-state index < -0.39 is 28.7 Å². The third-order valence-electron chi connectivity index (χ3n) is 5.90. The van der Waals surface area contributed by atoms with Gasteiger partial charge in [0.2, 0.25) is 5.95 Å². The molecule has 0 aliphatic heterocycles. The van der Waals surface area contributed by atoms with Crippen molar-refractivity contribution in [3.05, 3.63) is 75.6 Å². The molecule has 2 heterocycles. The van der Waals surface area contributed by atoms with E-state index in [1.54, 1.807) is 12.1 Å². The van der Waals surface area contributed by atoms with Gasteiger partial charge in [-0.1, -0.05) is 12.1 Å². The smallest absolute Gasteiger partial charge is 0.206 e. The number of benzene rings is 2. The summed E-state index contributed by atoms with van der Waals surface area (Å²) in [6.07, 6.45) is 2.98. The fourth-order valence-electron chi connectivity index (χ4n) is 4.00. The monoisotopic (exact) mass is 517 g/mol. The molecule has 0 aliphatic carbocycles. The highest BCUT2D eigenvalue weighted by Gasteiger charge is 2.17. The second-order valence-corrected chi connectivity index (χ2v) is 8.58. The van der Waals surface area contributed by atoms with Crippen molar-refractivity contribution in [2.45, 2.75) is 19.4 Å². The molecular formula is C25H27F4N7O. The molecule has 2 aromatic carbocycles. The van der Waals surface area contributed by atoms with Gasteiger partial charge in [0, 0.05) is 36.0 Å². The van der Waals surface area contributed by atoms with Crippen LogP contribution in [0.25, 0.3) is 22.2 Å². The van der Waals surface area contributed by atoms with Crippen LogP contribution in [-0.4, -0.2) is 46.0 Å². The quantitative estimate of drug-likeness (QED) is 0.152. The van der Waals surface area contributed by atoms with Crippen molar-refractivity contribution in [1.29, 1.82) is 0 Å². The van der Waals surface area contributed by atoms with Crippen molar-refractivity contribution in [1.82, 2.24) is 19.9 Å². The largest absolute Gasteiger partial charge is 0.347 e. The molecule has 8 nitrogen and oxygen atoms in total. The zero-order valence-corrected chi connectivity index (χ0v) is 19.9. The zero-order chi connectivity index (χ0) is 26.5. The van der Waals surface area contributed by atoms with Gasteiger partial charge in [-0.2, -0.15) is 0 Å². The molecule has 0 saturated carbocycles. The van der Waals surface area contributed by atoms with Crippen molar-refractivity contribution < 1.29 is 17.6 Å². The molecule has 4 aromatic rings. The number of aromatic amines is 2. The Morgan fingerprint density at radius 3 is 2.32 bits per heavy atom. The van der Waals surface area contributed by atoms with Crippen LogP contribution in [0.2, 0.25) is 0 Å². The summed E-state index contributed by atoms with van der Waals surface area (Å²) in [7, 11) is 0. The highest BCUT2D eigenvalue weighted by Crippen LogP contribution is 2.25. The summed E-state index contributed by atoms with van der Waals surface area (Å²) in [6.45, 7) is 2.94. The minimum atomic E-state index is -1.61. The Morgan fingerprint density at radius 2 is 1.68 bits per heavy atom. The number of anilines is 2. The van der Waals surface area contributed by atoms with Gasteiger partial charge in [-0.05, 0) is 50.7 Å². The van der Waals surface area contributed by atoms with E-state index in [0.29, 0.717) is 30.8 Å². The molecule has 0 spiro atoms. The molecular weight excluding hydrogens is 490 g/mol. The maximum absolute atomic E-state index is 14.9. The van der Waals surface area contributed by atoms with Gasteiger partial charge in [0.1, 0.15) is 17.2 Å². The summed E-state index contributed by atoms with van der Waals surface area (Å²) in [4.78, 5) is 24.2. The Hall–Kier alpha value is -3.74. The van der Waals surface area contributed by atoms with Crippen molar-refractivity contribution >= 4 is 22.8 Å². The molecule has 2 aromatic heterocycles. The number of halogens is 4. The number of hydrogen-bond donors (Lipinski definition) is 5. The van der Waals surface area contributed by atoms with Crippen LogP contribution in [0.4, 0.5) is 29.3 Å². The topological polar surface area (TPSA) is 129 Å². The Labute approximate surface area is 209 Å².